The minimum atomic E-state index is -0.169. The summed E-state index contributed by atoms with van der Waals surface area (Å²) in [5.74, 6) is -0.101. The Bertz CT molecular complexity index is 304. The van der Waals surface area contributed by atoms with E-state index < -0.39 is 0 Å². The Balaban J connectivity index is 1.81. The first-order valence-corrected chi connectivity index (χ1v) is 8.31. The van der Waals surface area contributed by atoms with E-state index in [9.17, 15) is 4.79 Å². The van der Waals surface area contributed by atoms with E-state index in [0.29, 0.717) is 12.0 Å². The van der Waals surface area contributed by atoms with E-state index in [4.69, 9.17) is 4.74 Å². The second kappa shape index (κ2) is 7.41. The maximum absolute atomic E-state index is 11.9. The molecule has 116 valence electrons. The Kier molecular flexibility index (Phi) is 5.85. The number of nitrogens with one attached hydrogen (secondary N) is 1. The van der Waals surface area contributed by atoms with Crippen LogP contribution in [0.5, 0.6) is 0 Å². The van der Waals surface area contributed by atoms with Gasteiger partial charge in [-0.05, 0) is 57.7 Å². The van der Waals surface area contributed by atoms with Gasteiger partial charge in [-0.3, -0.25) is 4.79 Å². The molecule has 4 nitrogen and oxygen atoms in total. The van der Waals surface area contributed by atoms with Crippen LogP contribution in [0.3, 0.4) is 0 Å². The normalized spacial score (nSPS) is 23.9. The highest BCUT2D eigenvalue weighted by atomic mass is 16.5. The van der Waals surface area contributed by atoms with Crippen molar-refractivity contribution in [2.75, 3.05) is 32.8 Å². The van der Waals surface area contributed by atoms with Crippen molar-refractivity contribution in [2.45, 2.75) is 58.4 Å². The van der Waals surface area contributed by atoms with E-state index in [1.165, 1.54) is 38.5 Å². The van der Waals surface area contributed by atoms with Gasteiger partial charge in [0.1, 0.15) is 6.04 Å². The lowest BCUT2D eigenvalue weighted by Gasteiger charge is -2.40. The molecule has 1 N–H and O–H groups in total. The van der Waals surface area contributed by atoms with Crippen molar-refractivity contribution in [1.29, 1.82) is 0 Å². The summed E-state index contributed by atoms with van der Waals surface area (Å²) in [6.07, 6.45) is 8.32. The second-order valence-corrected chi connectivity index (χ2v) is 6.37. The van der Waals surface area contributed by atoms with Crippen molar-refractivity contribution in [3.63, 3.8) is 0 Å². The number of carbonyl (C=O) groups excluding carboxylic acids is 1. The molecule has 1 aliphatic heterocycles. The van der Waals surface area contributed by atoms with E-state index >= 15 is 0 Å². The second-order valence-electron chi connectivity index (χ2n) is 6.37. The molecule has 1 unspecified atom stereocenters. The smallest absolute Gasteiger partial charge is 0.324 e. The number of nitrogens with zero attached hydrogens (tertiary/aromatic N) is 1. The van der Waals surface area contributed by atoms with Crippen molar-refractivity contribution in [1.82, 2.24) is 10.2 Å². The predicted octanol–water partition coefficient (Wildman–Crippen LogP) is 2.18. The number of rotatable bonds is 6. The molecule has 1 atom stereocenters. The molecule has 0 aromatic heterocycles. The van der Waals surface area contributed by atoms with Crippen molar-refractivity contribution < 1.29 is 9.53 Å². The molecule has 1 spiro atoms. The third-order valence-electron chi connectivity index (χ3n) is 5.04. The zero-order valence-electron chi connectivity index (χ0n) is 13.1. The van der Waals surface area contributed by atoms with Crippen LogP contribution in [-0.2, 0) is 9.53 Å². The summed E-state index contributed by atoms with van der Waals surface area (Å²) in [6, 6.07) is -0.169. The maximum Gasteiger partial charge on any atom is 0.324 e. The van der Waals surface area contributed by atoms with Gasteiger partial charge in [-0.15, -0.1) is 0 Å². The summed E-state index contributed by atoms with van der Waals surface area (Å²) in [4.78, 5) is 14.4. The van der Waals surface area contributed by atoms with Crippen LogP contribution in [0.2, 0.25) is 0 Å². The Hall–Kier alpha value is -0.610. The molecule has 0 aromatic rings. The van der Waals surface area contributed by atoms with Crippen molar-refractivity contribution >= 4 is 5.97 Å². The van der Waals surface area contributed by atoms with Gasteiger partial charge in [0.2, 0.25) is 0 Å². The van der Waals surface area contributed by atoms with E-state index in [-0.39, 0.29) is 12.0 Å². The molecule has 1 saturated carbocycles. The lowest BCUT2D eigenvalue weighted by molar-refractivity contribution is -0.146. The number of likely N-dealkylation sites (tertiary alicyclic amines) is 1. The van der Waals surface area contributed by atoms with Gasteiger partial charge in [0.05, 0.1) is 6.61 Å². The maximum atomic E-state index is 11.9. The molecular weight excluding hydrogens is 252 g/mol. The Morgan fingerprint density at radius 2 is 1.85 bits per heavy atom. The minimum absolute atomic E-state index is 0.101. The molecule has 0 bridgehead atoms. The van der Waals surface area contributed by atoms with Crippen molar-refractivity contribution in [3.05, 3.63) is 0 Å². The van der Waals surface area contributed by atoms with Crippen LogP contribution in [0.4, 0.5) is 0 Å². The van der Waals surface area contributed by atoms with Gasteiger partial charge in [-0.25, -0.2) is 0 Å². The van der Waals surface area contributed by atoms with Crippen LogP contribution in [0.25, 0.3) is 0 Å². The molecule has 4 heteroatoms. The largest absolute Gasteiger partial charge is 0.465 e. The lowest BCUT2D eigenvalue weighted by Crippen LogP contribution is -2.50. The number of esters is 1. The van der Waals surface area contributed by atoms with Gasteiger partial charge in [-0.2, -0.15) is 0 Å². The number of hydrogen-bond donors (Lipinski definition) is 1. The first-order valence-electron chi connectivity index (χ1n) is 8.31. The van der Waals surface area contributed by atoms with Crippen LogP contribution in [-0.4, -0.2) is 49.7 Å². The standard InChI is InChI=1S/C16H30N2O2/c1-3-17-14(15(19)20-4-2)13-18-11-9-16(10-12-18)7-5-6-8-16/h14,17H,3-13H2,1-2H3. The van der Waals surface area contributed by atoms with Gasteiger partial charge in [-0.1, -0.05) is 19.8 Å². The van der Waals surface area contributed by atoms with Gasteiger partial charge in [0.25, 0.3) is 0 Å². The average Bonchev–Trinajstić information content (AvgIpc) is 2.90. The lowest BCUT2D eigenvalue weighted by atomic mass is 9.77. The summed E-state index contributed by atoms with van der Waals surface area (Å²) in [5.41, 5.74) is 0.647. The highest BCUT2D eigenvalue weighted by Gasteiger charge is 2.37. The fourth-order valence-electron chi connectivity index (χ4n) is 3.80. The highest BCUT2D eigenvalue weighted by molar-refractivity contribution is 5.76. The molecule has 0 aromatic carbocycles. The molecule has 0 radical (unpaired) electrons. The van der Waals surface area contributed by atoms with Gasteiger partial charge in [0.15, 0.2) is 0 Å². The van der Waals surface area contributed by atoms with E-state index in [0.717, 1.165) is 26.2 Å². The number of piperidine rings is 1. The van der Waals surface area contributed by atoms with Crippen LogP contribution in [0.1, 0.15) is 52.4 Å². The molecule has 1 heterocycles. The zero-order chi connectivity index (χ0) is 14.4. The van der Waals surface area contributed by atoms with Crippen molar-refractivity contribution in [3.8, 4) is 0 Å². The summed E-state index contributed by atoms with van der Waals surface area (Å²) >= 11 is 0. The molecule has 20 heavy (non-hydrogen) atoms. The summed E-state index contributed by atoms with van der Waals surface area (Å²) in [5, 5.41) is 3.26. The quantitative estimate of drug-likeness (QED) is 0.758. The van der Waals surface area contributed by atoms with Gasteiger partial charge < -0.3 is 15.0 Å². The van der Waals surface area contributed by atoms with E-state index in [2.05, 4.69) is 10.2 Å². The SMILES string of the molecule is CCNC(CN1CCC2(CCCC2)CC1)C(=O)OCC. The fourth-order valence-corrected chi connectivity index (χ4v) is 3.80. The first-order chi connectivity index (χ1) is 9.69. The van der Waals surface area contributed by atoms with E-state index in [1.54, 1.807) is 0 Å². The summed E-state index contributed by atoms with van der Waals surface area (Å²) < 4.78 is 5.16. The highest BCUT2D eigenvalue weighted by Crippen LogP contribution is 2.46. The Morgan fingerprint density at radius 1 is 1.20 bits per heavy atom. The van der Waals surface area contributed by atoms with Crippen LogP contribution in [0.15, 0.2) is 0 Å². The topological polar surface area (TPSA) is 41.6 Å². The third-order valence-corrected chi connectivity index (χ3v) is 5.04. The number of ether oxygens (including phenoxy) is 1. The first kappa shape index (κ1) is 15.8. The fraction of sp³-hybridized carbons (Fsp3) is 0.938. The van der Waals surface area contributed by atoms with E-state index in [1.807, 2.05) is 13.8 Å². The van der Waals surface area contributed by atoms with Crippen LogP contribution >= 0.6 is 0 Å². The van der Waals surface area contributed by atoms with Crippen LogP contribution < -0.4 is 5.32 Å². The average molecular weight is 282 g/mol. The Morgan fingerprint density at radius 3 is 2.40 bits per heavy atom. The summed E-state index contributed by atoms with van der Waals surface area (Å²) in [6.45, 7) is 8.25. The van der Waals surface area contributed by atoms with Crippen LogP contribution in [0, 0.1) is 5.41 Å². The zero-order valence-corrected chi connectivity index (χ0v) is 13.1. The molecule has 0 amide bonds. The number of carbonyl (C=O) groups is 1. The molecule has 2 aliphatic rings. The van der Waals surface area contributed by atoms with Gasteiger partial charge in [0, 0.05) is 6.54 Å². The third kappa shape index (κ3) is 3.95. The molecular formula is C16H30N2O2. The predicted molar refractivity (Wildman–Crippen MR) is 80.7 cm³/mol. The number of likely N-dealkylation sites (N-methyl/N-ethyl adjacent to an activating group) is 1. The molecule has 1 saturated heterocycles. The molecule has 2 rings (SSSR count). The molecule has 1 aliphatic carbocycles. The summed E-state index contributed by atoms with van der Waals surface area (Å²) in [7, 11) is 0. The molecule has 2 fully saturated rings. The number of hydrogen-bond acceptors (Lipinski definition) is 4. The van der Waals surface area contributed by atoms with Gasteiger partial charge >= 0.3 is 5.97 Å². The Labute approximate surface area is 123 Å². The van der Waals surface area contributed by atoms with Crippen molar-refractivity contribution in [2.24, 2.45) is 5.41 Å². The minimum Gasteiger partial charge on any atom is -0.465 e. The monoisotopic (exact) mass is 282 g/mol.